The van der Waals surface area contributed by atoms with Crippen molar-refractivity contribution >= 4 is 27.7 Å². The largest absolute Gasteiger partial charge is 0.465 e. The highest BCUT2D eigenvalue weighted by Gasteiger charge is 2.29. The molecule has 1 unspecified atom stereocenters. The van der Waals surface area contributed by atoms with E-state index in [9.17, 15) is 18.3 Å². The van der Waals surface area contributed by atoms with Gasteiger partial charge in [-0.2, -0.15) is 13.2 Å². The van der Waals surface area contributed by atoms with Crippen LogP contribution in [0.15, 0.2) is 50.4 Å². The zero-order valence-electron chi connectivity index (χ0n) is 9.32. The molecule has 1 aromatic carbocycles. The summed E-state index contributed by atoms with van der Waals surface area (Å²) in [6.07, 6.45) is 0.394. The predicted molar refractivity (Wildman–Crippen MR) is 68.8 cm³/mol. The highest BCUT2D eigenvalue weighted by atomic mass is 79.9. The van der Waals surface area contributed by atoms with Gasteiger partial charge >= 0.3 is 5.51 Å². The lowest BCUT2D eigenvalue weighted by Gasteiger charge is -2.10. The van der Waals surface area contributed by atoms with E-state index in [4.69, 9.17) is 4.42 Å². The quantitative estimate of drug-likeness (QED) is 0.810. The molecule has 1 atom stereocenters. The van der Waals surface area contributed by atoms with Crippen molar-refractivity contribution in [1.82, 2.24) is 0 Å². The van der Waals surface area contributed by atoms with Gasteiger partial charge < -0.3 is 9.52 Å². The lowest BCUT2D eigenvalue weighted by atomic mass is 10.1. The van der Waals surface area contributed by atoms with Crippen molar-refractivity contribution in [3.63, 3.8) is 0 Å². The van der Waals surface area contributed by atoms with E-state index in [2.05, 4.69) is 15.9 Å². The Kier molecular flexibility index (Phi) is 4.27. The van der Waals surface area contributed by atoms with Crippen LogP contribution in [0.3, 0.4) is 0 Å². The van der Waals surface area contributed by atoms with E-state index < -0.39 is 11.6 Å². The van der Waals surface area contributed by atoms with Gasteiger partial charge in [-0.3, -0.25) is 0 Å². The second-order valence-electron chi connectivity index (χ2n) is 3.65. The first-order chi connectivity index (χ1) is 8.87. The van der Waals surface area contributed by atoms with E-state index in [0.29, 0.717) is 15.8 Å². The molecule has 2 aromatic rings. The summed E-state index contributed by atoms with van der Waals surface area (Å²) in [4.78, 5) is 0.0713. The average Bonchev–Trinajstić information content (AvgIpc) is 2.73. The van der Waals surface area contributed by atoms with Gasteiger partial charge in [-0.15, -0.1) is 0 Å². The molecule has 19 heavy (non-hydrogen) atoms. The van der Waals surface area contributed by atoms with E-state index >= 15 is 0 Å². The van der Waals surface area contributed by atoms with Gasteiger partial charge in [0.1, 0.15) is 6.10 Å². The summed E-state index contributed by atoms with van der Waals surface area (Å²) in [5.74, 6) is 0.316. The predicted octanol–water partition coefficient (Wildman–Crippen LogP) is 4.74. The Hall–Kier alpha value is -0.920. The first-order valence-electron chi connectivity index (χ1n) is 5.13. The minimum absolute atomic E-state index is 0.0713. The summed E-state index contributed by atoms with van der Waals surface area (Å²) in [7, 11) is 0. The van der Waals surface area contributed by atoms with Crippen LogP contribution in [0.25, 0.3) is 0 Å². The second-order valence-corrected chi connectivity index (χ2v) is 5.64. The molecule has 0 amide bonds. The van der Waals surface area contributed by atoms with Gasteiger partial charge in [0.15, 0.2) is 5.76 Å². The summed E-state index contributed by atoms with van der Waals surface area (Å²) in [6, 6.07) is 7.13. The van der Waals surface area contributed by atoms with Crippen LogP contribution in [0.4, 0.5) is 13.2 Å². The second kappa shape index (κ2) is 5.60. The summed E-state index contributed by atoms with van der Waals surface area (Å²) in [5.41, 5.74) is -3.85. The van der Waals surface area contributed by atoms with Gasteiger partial charge in [-0.05, 0) is 51.5 Å². The van der Waals surface area contributed by atoms with Crippen LogP contribution in [0, 0.1) is 0 Å². The van der Waals surface area contributed by atoms with Gasteiger partial charge in [0.05, 0.1) is 10.7 Å². The Bertz CT molecular complexity index is 551. The summed E-state index contributed by atoms with van der Waals surface area (Å²) in [6.45, 7) is 0. The minimum atomic E-state index is -4.32. The smallest absolute Gasteiger partial charge is 0.446 e. The molecule has 2 rings (SSSR count). The number of hydrogen-bond acceptors (Lipinski definition) is 3. The lowest BCUT2D eigenvalue weighted by molar-refractivity contribution is -0.0328. The van der Waals surface area contributed by atoms with Crippen LogP contribution in [-0.4, -0.2) is 10.6 Å². The highest BCUT2D eigenvalue weighted by Crippen LogP contribution is 2.37. The third-order valence-corrected chi connectivity index (χ3v) is 3.72. The van der Waals surface area contributed by atoms with Crippen molar-refractivity contribution in [1.29, 1.82) is 0 Å². The van der Waals surface area contributed by atoms with E-state index in [1.165, 1.54) is 30.5 Å². The maximum Gasteiger partial charge on any atom is 0.446 e. The zero-order valence-corrected chi connectivity index (χ0v) is 11.7. The molecule has 0 saturated carbocycles. The molecule has 0 fully saturated rings. The molecule has 7 heteroatoms. The van der Waals surface area contributed by atoms with Crippen molar-refractivity contribution in [3.05, 3.63) is 52.4 Å². The summed E-state index contributed by atoms with van der Waals surface area (Å²) < 4.78 is 42.2. The maximum atomic E-state index is 12.2. The zero-order chi connectivity index (χ0) is 14.0. The number of alkyl halides is 3. The van der Waals surface area contributed by atoms with Gasteiger partial charge in [0, 0.05) is 4.90 Å². The molecular formula is C12H8BrF3O2S. The van der Waals surface area contributed by atoms with E-state index in [1.807, 2.05) is 0 Å². The molecule has 1 aromatic heterocycles. The molecule has 0 bridgehead atoms. The molecular weight excluding hydrogens is 345 g/mol. The first-order valence-corrected chi connectivity index (χ1v) is 6.74. The van der Waals surface area contributed by atoms with Crippen LogP contribution in [0.1, 0.15) is 17.4 Å². The Morgan fingerprint density at radius 3 is 2.26 bits per heavy atom. The molecule has 0 aliphatic rings. The van der Waals surface area contributed by atoms with Crippen molar-refractivity contribution in [2.75, 3.05) is 0 Å². The number of benzene rings is 1. The van der Waals surface area contributed by atoms with Crippen LogP contribution in [0.5, 0.6) is 0 Å². The van der Waals surface area contributed by atoms with Crippen LogP contribution >= 0.6 is 27.7 Å². The molecule has 0 saturated heterocycles. The highest BCUT2D eigenvalue weighted by molar-refractivity contribution is 9.10. The molecule has 0 spiro atoms. The molecule has 1 N–H and O–H groups in total. The van der Waals surface area contributed by atoms with E-state index in [0.717, 1.165) is 0 Å². The Balaban J connectivity index is 2.17. The lowest BCUT2D eigenvalue weighted by Crippen LogP contribution is -2.01. The molecule has 2 nitrogen and oxygen atoms in total. The fraction of sp³-hybridized carbons (Fsp3) is 0.167. The Morgan fingerprint density at radius 2 is 1.79 bits per heavy atom. The fourth-order valence-corrected chi connectivity index (χ4v) is 2.46. The van der Waals surface area contributed by atoms with Gasteiger partial charge in [-0.25, -0.2) is 0 Å². The van der Waals surface area contributed by atoms with Crippen molar-refractivity contribution < 1.29 is 22.7 Å². The topological polar surface area (TPSA) is 33.4 Å². The SMILES string of the molecule is OC(c1ccc(SC(F)(F)F)cc1)c1occc1Br. The minimum Gasteiger partial charge on any atom is -0.465 e. The Labute approximate surface area is 119 Å². The van der Waals surface area contributed by atoms with Gasteiger partial charge in [0.25, 0.3) is 0 Å². The summed E-state index contributed by atoms with van der Waals surface area (Å²) in [5, 5.41) is 10.0. The number of aliphatic hydroxyl groups excluding tert-OH is 1. The molecule has 0 aliphatic heterocycles. The van der Waals surface area contributed by atoms with Crippen LogP contribution in [0.2, 0.25) is 0 Å². The molecule has 1 heterocycles. The van der Waals surface area contributed by atoms with E-state index in [-0.39, 0.29) is 16.7 Å². The van der Waals surface area contributed by atoms with Gasteiger partial charge in [-0.1, -0.05) is 12.1 Å². The number of aliphatic hydroxyl groups is 1. The number of hydrogen-bond donors (Lipinski definition) is 1. The third-order valence-electron chi connectivity index (χ3n) is 2.32. The maximum absolute atomic E-state index is 12.2. The molecule has 102 valence electrons. The standard InChI is InChI=1S/C12H8BrF3O2S/c13-9-5-6-18-11(9)10(17)7-1-3-8(4-2-7)19-12(14,15)16/h1-6,10,17H. The number of halogens is 4. The van der Waals surface area contributed by atoms with Crippen LogP contribution in [-0.2, 0) is 0 Å². The van der Waals surface area contributed by atoms with Crippen molar-refractivity contribution in [2.45, 2.75) is 16.5 Å². The third kappa shape index (κ3) is 3.77. The first kappa shape index (κ1) is 14.5. The molecule has 0 radical (unpaired) electrons. The number of thioether (sulfide) groups is 1. The number of rotatable bonds is 3. The van der Waals surface area contributed by atoms with Crippen molar-refractivity contribution in [3.8, 4) is 0 Å². The monoisotopic (exact) mass is 352 g/mol. The molecule has 0 aliphatic carbocycles. The average molecular weight is 353 g/mol. The van der Waals surface area contributed by atoms with Gasteiger partial charge in [0.2, 0.25) is 0 Å². The number of furan rings is 1. The fourth-order valence-electron chi connectivity index (χ4n) is 1.50. The Morgan fingerprint density at radius 1 is 1.16 bits per heavy atom. The normalized spacial score (nSPS) is 13.5. The van der Waals surface area contributed by atoms with Crippen molar-refractivity contribution in [2.24, 2.45) is 0 Å². The van der Waals surface area contributed by atoms with Crippen LogP contribution < -0.4 is 0 Å². The summed E-state index contributed by atoms with van der Waals surface area (Å²) >= 11 is 3.02. The van der Waals surface area contributed by atoms with E-state index in [1.54, 1.807) is 6.07 Å².